The van der Waals surface area contributed by atoms with Crippen LogP contribution in [0.4, 0.5) is 5.69 Å². The summed E-state index contributed by atoms with van der Waals surface area (Å²) in [5, 5.41) is 0. The van der Waals surface area contributed by atoms with Crippen LogP contribution in [0.5, 0.6) is 0 Å². The number of carbonyl (C=O) groups is 1. The fourth-order valence-electron chi connectivity index (χ4n) is 4.48. The summed E-state index contributed by atoms with van der Waals surface area (Å²) in [5.74, 6) is 0. The highest BCUT2D eigenvalue weighted by Crippen LogP contribution is 2.40. The molecular weight excluding hydrogens is 296 g/mol. The SMILES string of the molecule is O=CN(CC12CCCN1CCC2)c1cccc(-c2ccccc2)c1. The van der Waals surface area contributed by atoms with E-state index in [9.17, 15) is 4.79 Å². The van der Waals surface area contributed by atoms with Crippen molar-refractivity contribution < 1.29 is 4.79 Å². The van der Waals surface area contributed by atoms with Crippen molar-refractivity contribution in [3.8, 4) is 11.1 Å². The lowest BCUT2D eigenvalue weighted by Gasteiger charge is -2.36. The molecule has 0 unspecified atom stereocenters. The van der Waals surface area contributed by atoms with Crippen LogP contribution in [-0.4, -0.2) is 36.5 Å². The molecule has 0 saturated carbocycles. The third kappa shape index (κ3) is 2.73. The van der Waals surface area contributed by atoms with Crippen molar-refractivity contribution in [1.29, 1.82) is 0 Å². The van der Waals surface area contributed by atoms with Gasteiger partial charge in [0.25, 0.3) is 0 Å². The molecule has 2 aromatic carbocycles. The van der Waals surface area contributed by atoms with E-state index in [2.05, 4.69) is 29.2 Å². The third-order valence-corrected chi connectivity index (χ3v) is 5.69. The van der Waals surface area contributed by atoms with Crippen LogP contribution in [-0.2, 0) is 4.79 Å². The molecule has 0 aromatic heterocycles. The molecule has 1 amide bonds. The van der Waals surface area contributed by atoms with Crippen LogP contribution in [0.25, 0.3) is 11.1 Å². The number of anilines is 1. The predicted molar refractivity (Wildman–Crippen MR) is 98.1 cm³/mol. The number of benzene rings is 2. The highest BCUT2D eigenvalue weighted by atomic mass is 16.1. The zero-order valence-corrected chi connectivity index (χ0v) is 14.0. The summed E-state index contributed by atoms with van der Waals surface area (Å²) in [6.07, 6.45) is 5.96. The largest absolute Gasteiger partial charge is 0.313 e. The van der Waals surface area contributed by atoms with Gasteiger partial charge in [-0.05, 0) is 62.0 Å². The molecule has 3 nitrogen and oxygen atoms in total. The second-order valence-corrected chi connectivity index (χ2v) is 7.07. The lowest BCUT2D eigenvalue weighted by Crippen LogP contribution is -2.48. The first-order chi connectivity index (χ1) is 11.8. The fourth-order valence-corrected chi connectivity index (χ4v) is 4.48. The van der Waals surface area contributed by atoms with Crippen molar-refractivity contribution in [2.24, 2.45) is 0 Å². The first-order valence-electron chi connectivity index (χ1n) is 8.93. The van der Waals surface area contributed by atoms with Gasteiger partial charge in [-0.3, -0.25) is 9.69 Å². The van der Waals surface area contributed by atoms with Crippen LogP contribution in [0.2, 0.25) is 0 Å². The van der Waals surface area contributed by atoms with E-state index in [1.807, 2.05) is 35.2 Å². The minimum atomic E-state index is 0.212. The Kier molecular flexibility index (Phi) is 4.11. The minimum absolute atomic E-state index is 0.212. The lowest BCUT2D eigenvalue weighted by molar-refractivity contribution is -0.107. The van der Waals surface area contributed by atoms with E-state index in [0.29, 0.717) is 0 Å². The molecule has 2 saturated heterocycles. The van der Waals surface area contributed by atoms with Crippen molar-refractivity contribution in [1.82, 2.24) is 4.90 Å². The van der Waals surface area contributed by atoms with Gasteiger partial charge >= 0.3 is 0 Å². The van der Waals surface area contributed by atoms with E-state index in [1.54, 1.807) is 0 Å². The van der Waals surface area contributed by atoms with E-state index in [0.717, 1.165) is 24.2 Å². The van der Waals surface area contributed by atoms with Crippen LogP contribution >= 0.6 is 0 Å². The molecule has 2 aliphatic heterocycles. The molecule has 0 atom stereocenters. The Morgan fingerprint density at radius 1 is 0.958 bits per heavy atom. The molecule has 2 aromatic rings. The van der Waals surface area contributed by atoms with Crippen LogP contribution in [0, 0.1) is 0 Å². The van der Waals surface area contributed by atoms with E-state index >= 15 is 0 Å². The molecule has 24 heavy (non-hydrogen) atoms. The highest BCUT2D eigenvalue weighted by Gasteiger charge is 2.45. The topological polar surface area (TPSA) is 23.6 Å². The first kappa shape index (κ1) is 15.4. The normalized spacial score (nSPS) is 19.2. The Morgan fingerprint density at radius 2 is 1.67 bits per heavy atom. The van der Waals surface area contributed by atoms with E-state index < -0.39 is 0 Å². The lowest BCUT2D eigenvalue weighted by atomic mass is 9.93. The van der Waals surface area contributed by atoms with Gasteiger partial charge in [0.1, 0.15) is 0 Å². The Hall–Kier alpha value is -2.13. The number of carbonyl (C=O) groups excluding carboxylic acids is 1. The predicted octanol–water partition coefficient (Wildman–Crippen LogP) is 3.94. The molecular formula is C21H24N2O. The van der Waals surface area contributed by atoms with Crippen molar-refractivity contribution in [3.63, 3.8) is 0 Å². The Morgan fingerprint density at radius 3 is 2.38 bits per heavy atom. The Bertz CT molecular complexity index is 703. The first-order valence-corrected chi connectivity index (χ1v) is 8.93. The molecule has 3 heteroatoms. The minimum Gasteiger partial charge on any atom is -0.313 e. The van der Waals surface area contributed by atoms with Crippen molar-refractivity contribution in [2.45, 2.75) is 31.2 Å². The average molecular weight is 320 g/mol. The Labute approximate surface area is 143 Å². The third-order valence-electron chi connectivity index (χ3n) is 5.69. The Balaban J connectivity index is 1.61. The summed E-state index contributed by atoms with van der Waals surface area (Å²) in [6, 6.07) is 18.7. The standard InChI is InChI=1S/C21H24N2O/c24-17-22(16-21-11-5-13-23(21)14-6-12-21)20-10-4-9-19(15-20)18-7-2-1-3-8-18/h1-4,7-10,15,17H,5-6,11-14,16H2. The molecule has 0 N–H and O–H groups in total. The van der Waals surface area contributed by atoms with Gasteiger partial charge in [0.05, 0.1) is 0 Å². The molecule has 0 bridgehead atoms. The second-order valence-electron chi connectivity index (χ2n) is 7.07. The molecule has 4 rings (SSSR count). The van der Waals surface area contributed by atoms with Crippen LogP contribution in [0.1, 0.15) is 25.7 Å². The summed E-state index contributed by atoms with van der Waals surface area (Å²) in [7, 11) is 0. The van der Waals surface area contributed by atoms with Gasteiger partial charge in [-0.1, -0.05) is 42.5 Å². The molecule has 2 fully saturated rings. The van der Waals surface area contributed by atoms with Crippen molar-refractivity contribution in [2.75, 3.05) is 24.5 Å². The summed E-state index contributed by atoms with van der Waals surface area (Å²) < 4.78 is 0. The molecule has 2 aliphatic rings. The summed E-state index contributed by atoms with van der Waals surface area (Å²) in [5.41, 5.74) is 3.56. The zero-order chi connectivity index (χ0) is 16.4. The average Bonchev–Trinajstić information content (AvgIpc) is 3.20. The fraction of sp³-hybridized carbons (Fsp3) is 0.381. The smallest absolute Gasteiger partial charge is 0.214 e. The van der Waals surface area contributed by atoms with Gasteiger partial charge in [0.15, 0.2) is 0 Å². The van der Waals surface area contributed by atoms with Crippen LogP contribution in [0.15, 0.2) is 54.6 Å². The molecule has 0 aliphatic carbocycles. The van der Waals surface area contributed by atoms with Gasteiger partial charge in [0, 0.05) is 17.8 Å². The van der Waals surface area contributed by atoms with Crippen LogP contribution in [0.3, 0.4) is 0 Å². The van der Waals surface area contributed by atoms with Gasteiger partial charge in [-0.2, -0.15) is 0 Å². The van der Waals surface area contributed by atoms with Crippen molar-refractivity contribution in [3.05, 3.63) is 54.6 Å². The second kappa shape index (κ2) is 6.40. The highest BCUT2D eigenvalue weighted by molar-refractivity contribution is 5.79. The molecule has 0 spiro atoms. The maximum absolute atomic E-state index is 11.8. The number of nitrogens with zero attached hydrogens (tertiary/aromatic N) is 2. The monoisotopic (exact) mass is 320 g/mol. The van der Waals surface area contributed by atoms with E-state index in [1.165, 1.54) is 44.3 Å². The van der Waals surface area contributed by atoms with E-state index in [4.69, 9.17) is 0 Å². The van der Waals surface area contributed by atoms with E-state index in [-0.39, 0.29) is 5.54 Å². The van der Waals surface area contributed by atoms with Crippen LogP contribution < -0.4 is 4.90 Å². The summed E-state index contributed by atoms with van der Waals surface area (Å²) in [4.78, 5) is 16.3. The van der Waals surface area contributed by atoms with Crippen molar-refractivity contribution >= 4 is 12.1 Å². The molecule has 2 heterocycles. The number of rotatable bonds is 5. The summed E-state index contributed by atoms with van der Waals surface area (Å²) in [6.45, 7) is 3.20. The number of hydrogen-bond acceptors (Lipinski definition) is 2. The van der Waals surface area contributed by atoms with Gasteiger partial charge in [0.2, 0.25) is 6.41 Å². The molecule has 124 valence electrons. The maximum Gasteiger partial charge on any atom is 0.214 e. The zero-order valence-electron chi connectivity index (χ0n) is 14.0. The maximum atomic E-state index is 11.8. The summed E-state index contributed by atoms with van der Waals surface area (Å²) >= 11 is 0. The van der Waals surface area contributed by atoms with Gasteiger partial charge < -0.3 is 4.90 Å². The number of fused-ring (bicyclic) bond motifs is 1. The number of amides is 1. The van der Waals surface area contributed by atoms with Gasteiger partial charge in [-0.25, -0.2) is 0 Å². The molecule has 0 radical (unpaired) electrons. The van der Waals surface area contributed by atoms with Gasteiger partial charge in [-0.15, -0.1) is 0 Å². The number of hydrogen-bond donors (Lipinski definition) is 0. The quantitative estimate of drug-likeness (QED) is 0.779.